The molecule has 3 aliphatic heterocycles. The number of carbonyl (C=O) groups excluding carboxylic acids is 1. The maximum Gasteiger partial charge on any atom is 0.226 e. The lowest BCUT2D eigenvalue weighted by Crippen LogP contribution is -2.40. The summed E-state index contributed by atoms with van der Waals surface area (Å²) in [4.78, 5) is 23.6. The van der Waals surface area contributed by atoms with Crippen LogP contribution < -0.4 is 5.32 Å². The number of nitrogens with one attached hydrogen (secondary N) is 1. The van der Waals surface area contributed by atoms with Gasteiger partial charge in [0.1, 0.15) is 0 Å². The van der Waals surface area contributed by atoms with Crippen molar-refractivity contribution in [3.63, 3.8) is 0 Å². The maximum absolute atomic E-state index is 12.6. The van der Waals surface area contributed by atoms with Gasteiger partial charge in [-0.3, -0.25) is 19.7 Å². The zero-order valence-electron chi connectivity index (χ0n) is 14.7. The standard InChI is InChI=1S/C18H26N4O3/c1-12-6-20-13(7-19-12)8-21-18(23)16-11-25-17-10-22(9-15(16)17)14-2-4-24-5-3-14/h6-7,14-17H,2-5,8-11H2,1H3,(H,21,23)/t15-,16+,17-/m0/s1. The van der Waals surface area contributed by atoms with Crippen LogP contribution in [0.3, 0.4) is 0 Å². The highest BCUT2D eigenvalue weighted by Crippen LogP contribution is 2.36. The van der Waals surface area contributed by atoms with Crippen LogP contribution in [0.1, 0.15) is 24.2 Å². The summed E-state index contributed by atoms with van der Waals surface area (Å²) in [5.41, 5.74) is 1.66. The molecular formula is C18H26N4O3. The monoisotopic (exact) mass is 346 g/mol. The molecule has 1 aromatic rings. The number of aromatic nitrogens is 2. The van der Waals surface area contributed by atoms with Crippen LogP contribution in [0, 0.1) is 18.8 Å². The molecule has 0 unspecified atom stereocenters. The van der Waals surface area contributed by atoms with Gasteiger partial charge in [0, 0.05) is 44.5 Å². The van der Waals surface area contributed by atoms with Gasteiger partial charge in [0.2, 0.25) is 5.91 Å². The average Bonchev–Trinajstić information content (AvgIpc) is 3.22. The van der Waals surface area contributed by atoms with Crippen LogP contribution in [-0.4, -0.2) is 65.8 Å². The first-order chi connectivity index (χ1) is 12.2. The van der Waals surface area contributed by atoms with Gasteiger partial charge in [-0.05, 0) is 19.8 Å². The molecule has 0 spiro atoms. The molecule has 3 fully saturated rings. The molecule has 3 saturated heterocycles. The Bertz CT molecular complexity index is 603. The highest BCUT2D eigenvalue weighted by molar-refractivity contribution is 5.79. The summed E-state index contributed by atoms with van der Waals surface area (Å²) in [6.45, 7) is 6.44. The molecule has 1 aromatic heterocycles. The number of nitrogens with zero attached hydrogens (tertiary/aromatic N) is 3. The van der Waals surface area contributed by atoms with Crippen molar-refractivity contribution in [2.45, 2.75) is 38.5 Å². The fraction of sp³-hybridized carbons (Fsp3) is 0.722. The number of hydrogen-bond donors (Lipinski definition) is 1. The van der Waals surface area contributed by atoms with Crippen LogP contribution in [0.2, 0.25) is 0 Å². The molecule has 7 heteroatoms. The van der Waals surface area contributed by atoms with E-state index in [1.807, 2.05) is 6.92 Å². The predicted octanol–water partition coefficient (Wildman–Crippen LogP) is 0.527. The summed E-state index contributed by atoms with van der Waals surface area (Å²) in [5.74, 6) is 0.309. The fourth-order valence-corrected chi connectivity index (χ4v) is 4.18. The van der Waals surface area contributed by atoms with Crippen LogP contribution >= 0.6 is 0 Å². The third-order valence-corrected chi connectivity index (χ3v) is 5.67. The van der Waals surface area contributed by atoms with Crippen LogP contribution in [0.5, 0.6) is 0 Å². The number of ether oxygens (including phenoxy) is 2. The Hall–Kier alpha value is -1.57. The molecule has 3 aliphatic rings. The molecule has 1 amide bonds. The second kappa shape index (κ2) is 7.35. The molecule has 4 rings (SSSR count). The average molecular weight is 346 g/mol. The second-order valence-corrected chi connectivity index (χ2v) is 7.31. The van der Waals surface area contributed by atoms with Crippen molar-refractivity contribution >= 4 is 5.91 Å². The van der Waals surface area contributed by atoms with Crippen molar-refractivity contribution in [2.24, 2.45) is 11.8 Å². The highest BCUT2D eigenvalue weighted by Gasteiger charge is 2.48. The largest absolute Gasteiger partial charge is 0.381 e. The van der Waals surface area contributed by atoms with Crippen molar-refractivity contribution in [1.82, 2.24) is 20.2 Å². The van der Waals surface area contributed by atoms with E-state index in [2.05, 4.69) is 20.2 Å². The Labute approximate surface area is 148 Å². The number of likely N-dealkylation sites (tertiary alicyclic amines) is 1. The summed E-state index contributed by atoms with van der Waals surface area (Å²) in [6.07, 6.45) is 5.80. The smallest absolute Gasteiger partial charge is 0.226 e. The van der Waals surface area contributed by atoms with Crippen LogP contribution in [0.15, 0.2) is 12.4 Å². The minimum absolute atomic E-state index is 0.0618. The first-order valence-electron chi connectivity index (χ1n) is 9.19. The van der Waals surface area contributed by atoms with E-state index in [9.17, 15) is 4.79 Å². The van der Waals surface area contributed by atoms with Crippen molar-refractivity contribution in [2.75, 3.05) is 32.9 Å². The molecule has 0 saturated carbocycles. The topological polar surface area (TPSA) is 76.6 Å². The SMILES string of the molecule is Cc1cnc(CNC(=O)[C@@H]2CO[C@H]3CN(C4CCOCC4)C[C@H]32)cn1. The molecule has 0 aliphatic carbocycles. The van der Waals surface area contributed by atoms with Gasteiger partial charge in [-0.1, -0.05) is 0 Å². The number of rotatable bonds is 4. The quantitative estimate of drug-likeness (QED) is 0.857. The molecule has 136 valence electrons. The minimum Gasteiger partial charge on any atom is -0.381 e. The van der Waals surface area contributed by atoms with Crippen LogP contribution in [-0.2, 0) is 20.8 Å². The summed E-state index contributed by atoms with van der Waals surface area (Å²) >= 11 is 0. The summed E-state index contributed by atoms with van der Waals surface area (Å²) in [6, 6.07) is 0.578. The van der Waals surface area contributed by atoms with E-state index in [1.54, 1.807) is 12.4 Å². The van der Waals surface area contributed by atoms with Crippen LogP contribution in [0.4, 0.5) is 0 Å². The number of fused-ring (bicyclic) bond motifs is 1. The Kier molecular flexibility index (Phi) is 4.96. The molecule has 25 heavy (non-hydrogen) atoms. The van der Waals surface area contributed by atoms with E-state index in [-0.39, 0.29) is 17.9 Å². The Morgan fingerprint density at radius 3 is 2.88 bits per heavy atom. The first kappa shape index (κ1) is 16.9. The fourth-order valence-electron chi connectivity index (χ4n) is 4.18. The van der Waals surface area contributed by atoms with E-state index in [4.69, 9.17) is 9.47 Å². The molecule has 3 atom stereocenters. The van der Waals surface area contributed by atoms with E-state index in [0.29, 0.717) is 25.1 Å². The van der Waals surface area contributed by atoms with Crippen molar-refractivity contribution in [1.29, 1.82) is 0 Å². The highest BCUT2D eigenvalue weighted by atomic mass is 16.5. The molecule has 0 bridgehead atoms. The van der Waals surface area contributed by atoms with Gasteiger partial charge in [0.25, 0.3) is 0 Å². The van der Waals surface area contributed by atoms with E-state index in [1.165, 1.54) is 0 Å². The minimum atomic E-state index is -0.0618. The number of amides is 1. The van der Waals surface area contributed by atoms with Crippen molar-refractivity contribution in [3.05, 3.63) is 23.8 Å². The Balaban J connectivity index is 1.32. The van der Waals surface area contributed by atoms with Crippen molar-refractivity contribution in [3.8, 4) is 0 Å². The van der Waals surface area contributed by atoms with Crippen LogP contribution in [0.25, 0.3) is 0 Å². The zero-order valence-corrected chi connectivity index (χ0v) is 14.7. The van der Waals surface area contributed by atoms with E-state index in [0.717, 1.165) is 50.5 Å². The molecule has 0 radical (unpaired) electrons. The molecule has 1 N–H and O–H groups in total. The molecule has 4 heterocycles. The Morgan fingerprint density at radius 2 is 2.12 bits per heavy atom. The Morgan fingerprint density at radius 1 is 1.28 bits per heavy atom. The normalized spacial score (nSPS) is 30.4. The van der Waals surface area contributed by atoms with Gasteiger partial charge < -0.3 is 14.8 Å². The van der Waals surface area contributed by atoms with Crippen molar-refractivity contribution < 1.29 is 14.3 Å². The number of aryl methyl sites for hydroxylation is 1. The second-order valence-electron chi connectivity index (χ2n) is 7.31. The lowest BCUT2D eigenvalue weighted by molar-refractivity contribution is -0.126. The summed E-state index contributed by atoms with van der Waals surface area (Å²) in [7, 11) is 0. The third-order valence-electron chi connectivity index (χ3n) is 5.67. The third kappa shape index (κ3) is 3.68. The van der Waals surface area contributed by atoms with Gasteiger partial charge in [-0.25, -0.2) is 0 Å². The van der Waals surface area contributed by atoms with Gasteiger partial charge in [0.15, 0.2) is 0 Å². The summed E-state index contributed by atoms with van der Waals surface area (Å²) < 4.78 is 11.4. The van der Waals surface area contributed by atoms with E-state index >= 15 is 0 Å². The zero-order chi connectivity index (χ0) is 17.2. The summed E-state index contributed by atoms with van der Waals surface area (Å²) in [5, 5.41) is 3.01. The molecule has 7 nitrogen and oxygen atoms in total. The predicted molar refractivity (Wildman–Crippen MR) is 90.7 cm³/mol. The molecular weight excluding hydrogens is 320 g/mol. The lowest BCUT2D eigenvalue weighted by Gasteiger charge is -2.31. The van der Waals surface area contributed by atoms with Gasteiger partial charge in [-0.2, -0.15) is 0 Å². The first-order valence-corrected chi connectivity index (χ1v) is 9.19. The number of hydrogen-bond acceptors (Lipinski definition) is 6. The van der Waals surface area contributed by atoms with Gasteiger partial charge in [-0.15, -0.1) is 0 Å². The van der Waals surface area contributed by atoms with Gasteiger partial charge in [0.05, 0.1) is 42.8 Å². The van der Waals surface area contributed by atoms with Gasteiger partial charge >= 0.3 is 0 Å². The maximum atomic E-state index is 12.6. The number of carbonyl (C=O) groups is 1. The van der Waals surface area contributed by atoms with E-state index < -0.39 is 0 Å². The lowest BCUT2D eigenvalue weighted by atomic mass is 9.92. The molecule has 0 aromatic carbocycles.